The molecular weight excluding hydrogens is 352 g/mol. The summed E-state index contributed by atoms with van der Waals surface area (Å²) in [5.74, 6) is 0.753. The maximum absolute atomic E-state index is 11.2. The van der Waals surface area contributed by atoms with Crippen LogP contribution >= 0.6 is 27.5 Å². The minimum absolute atomic E-state index is 0.624. The molecule has 4 heteroatoms. The fraction of sp³-hybridized carbons (Fsp3) is 0.235. The number of rotatable bonds is 7. The summed E-state index contributed by atoms with van der Waals surface area (Å²) >= 11 is 9.50. The maximum atomic E-state index is 11.2. The molecule has 2 rings (SSSR count). The lowest BCUT2D eigenvalue weighted by Gasteiger charge is -2.13. The van der Waals surface area contributed by atoms with Gasteiger partial charge >= 0.3 is 0 Å². The summed E-state index contributed by atoms with van der Waals surface area (Å²) in [4.78, 5) is 11.2. The average Bonchev–Trinajstić information content (AvgIpc) is 2.52. The number of unbranched alkanes of at least 4 members (excludes halogenated alkanes) is 1. The molecule has 21 heavy (non-hydrogen) atoms. The Bertz CT molecular complexity index is 613. The van der Waals surface area contributed by atoms with Gasteiger partial charge in [-0.3, -0.25) is 4.79 Å². The zero-order valence-corrected chi connectivity index (χ0v) is 13.9. The van der Waals surface area contributed by atoms with E-state index in [-0.39, 0.29) is 0 Å². The Hall–Kier alpha value is -1.32. The second kappa shape index (κ2) is 8.20. The molecule has 0 radical (unpaired) electrons. The Labute approximate surface area is 138 Å². The van der Waals surface area contributed by atoms with E-state index in [1.165, 1.54) is 0 Å². The van der Waals surface area contributed by atoms with Gasteiger partial charge in [0.05, 0.1) is 6.61 Å². The number of carbonyl (C=O) groups is 1. The smallest absolute Gasteiger partial charge is 0.150 e. The second-order valence-electron chi connectivity index (χ2n) is 4.59. The molecule has 0 aromatic heterocycles. The molecule has 0 aliphatic carbocycles. The van der Waals surface area contributed by atoms with E-state index in [2.05, 4.69) is 15.9 Å². The van der Waals surface area contributed by atoms with Gasteiger partial charge in [-0.2, -0.15) is 0 Å². The normalized spacial score (nSPS) is 10.4. The van der Waals surface area contributed by atoms with Crippen molar-refractivity contribution in [1.29, 1.82) is 0 Å². The summed E-state index contributed by atoms with van der Waals surface area (Å²) < 4.78 is 5.85. The van der Waals surface area contributed by atoms with Crippen molar-refractivity contribution in [1.82, 2.24) is 0 Å². The van der Waals surface area contributed by atoms with Crippen molar-refractivity contribution in [2.45, 2.75) is 12.8 Å². The summed E-state index contributed by atoms with van der Waals surface area (Å²) in [5, 5.41) is 1.59. The van der Waals surface area contributed by atoms with E-state index in [1.807, 2.05) is 30.3 Å². The van der Waals surface area contributed by atoms with Crippen LogP contribution in [0.4, 0.5) is 0 Å². The zero-order chi connectivity index (χ0) is 15.1. The third kappa shape index (κ3) is 4.32. The van der Waals surface area contributed by atoms with E-state index in [4.69, 9.17) is 16.3 Å². The minimum atomic E-state index is 0.624. The van der Waals surface area contributed by atoms with Gasteiger partial charge in [0.2, 0.25) is 0 Å². The Balaban J connectivity index is 2.32. The summed E-state index contributed by atoms with van der Waals surface area (Å²) in [7, 11) is 0. The molecule has 2 nitrogen and oxygen atoms in total. The number of hydrogen-bond donors (Lipinski definition) is 0. The minimum Gasteiger partial charge on any atom is -0.493 e. The molecule has 0 fully saturated rings. The van der Waals surface area contributed by atoms with Gasteiger partial charge in [0, 0.05) is 21.5 Å². The van der Waals surface area contributed by atoms with Crippen LogP contribution in [0.15, 0.2) is 42.5 Å². The third-order valence-corrected chi connectivity index (χ3v) is 3.90. The van der Waals surface area contributed by atoms with Gasteiger partial charge in [-0.25, -0.2) is 0 Å². The fourth-order valence-electron chi connectivity index (χ4n) is 2.06. The molecule has 0 bridgehead atoms. The van der Waals surface area contributed by atoms with E-state index < -0.39 is 0 Å². The third-order valence-electron chi connectivity index (χ3n) is 3.11. The van der Waals surface area contributed by atoms with Crippen molar-refractivity contribution in [2.24, 2.45) is 0 Å². The molecule has 0 aliphatic heterocycles. The van der Waals surface area contributed by atoms with Gasteiger partial charge in [0.25, 0.3) is 0 Å². The molecule has 2 aromatic carbocycles. The maximum Gasteiger partial charge on any atom is 0.150 e. The summed E-state index contributed by atoms with van der Waals surface area (Å²) in [6.07, 6.45) is 2.89. The molecule has 110 valence electrons. The van der Waals surface area contributed by atoms with Crippen molar-refractivity contribution >= 4 is 33.8 Å². The molecule has 0 saturated heterocycles. The zero-order valence-electron chi connectivity index (χ0n) is 11.5. The predicted octanol–water partition coefficient (Wildman–Crippen LogP) is 5.37. The number of halogens is 2. The van der Waals surface area contributed by atoms with Gasteiger partial charge in [0.15, 0.2) is 6.29 Å². The number of carbonyl (C=O) groups excluding carboxylic acids is 1. The van der Waals surface area contributed by atoms with E-state index in [0.717, 1.165) is 41.3 Å². The highest BCUT2D eigenvalue weighted by molar-refractivity contribution is 9.09. The van der Waals surface area contributed by atoms with Gasteiger partial charge in [-0.15, -0.1) is 0 Å². The topological polar surface area (TPSA) is 26.3 Å². The molecule has 0 saturated carbocycles. The number of benzene rings is 2. The van der Waals surface area contributed by atoms with E-state index in [0.29, 0.717) is 17.2 Å². The Kier molecular flexibility index (Phi) is 6.27. The first-order valence-electron chi connectivity index (χ1n) is 6.79. The molecule has 0 heterocycles. The predicted molar refractivity (Wildman–Crippen MR) is 90.8 cm³/mol. The summed E-state index contributed by atoms with van der Waals surface area (Å²) in [6, 6.07) is 12.9. The van der Waals surface area contributed by atoms with Crippen LogP contribution in [0.5, 0.6) is 5.75 Å². The monoisotopic (exact) mass is 366 g/mol. The van der Waals surface area contributed by atoms with Crippen LogP contribution in [0, 0.1) is 0 Å². The largest absolute Gasteiger partial charge is 0.493 e. The highest BCUT2D eigenvalue weighted by Crippen LogP contribution is 2.34. The lowest BCUT2D eigenvalue weighted by Crippen LogP contribution is -2.00. The summed E-state index contributed by atoms with van der Waals surface area (Å²) in [6.45, 7) is 0.642. The van der Waals surface area contributed by atoms with E-state index in [9.17, 15) is 4.79 Å². The fourth-order valence-corrected chi connectivity index (χ4v) is 2.63. The van der Waals surface area contributed by atoms with Crippen LogP contribution < -0.4 is 4.74 Å². The van der Waals surface area contributed by atoms with Crippen molar-refractivity contribution in [3.8, 4) is 16.9 Å². The molecule has 0 unspecified atom stereocenters. The average molecular weight is 368 g/mol. The van der Waals surface area contributed by atoms with Gasteiger partial charge in [0.1, 0.15) is 5.75 Å². The molecule has 0 atom stereocenters. The van der Waals surface area contributed by atoms with Crippen molar-refractivity contribution in [2.75, 3.05) is 11.9 Å². The summed E-state index contributed by atoms with van der Waals surface area (Å²) in [5.41, 5.74) is 2.32. The highest BCUT2D eigenvalue weighted by atomic mass is 79.9. The van der Waals surface area contributed by atoms with Crippen LogP contribution in [-0.4, -0.2) is 18.2 Å². The molecule has 0 spiro atoms. The standard InChI is InChI=1S/C17H16BrClO2/c18-9-3-4-10-21-17-8-7-14(19)11-16(17)15-6-2-1-5-13(15)12-20/h1-2,5-8,11-12H,3-4,9-10H2. The second-order valence-corrected chi connectivity index (χ2v) is 5.82. The van der Waals surface area contributed by atoms with Crippen LogP contribution in [-0.2, 0) is 0 Å². The first kappa shape index (κ1) is 16.1. The Morgan fingerprint density at radius 3 is 2.67 bits per heavy atom. The van der Waals surface area contributed by atoms with Gasteiger partial charge < -0.3 is 4.74 Å². The van der Waals surface area contributed by atoms with Gasteiger partial charge in [-0.05, 0) is 36.6 Å². The molecule has 0 aliphatic rings. The number of hydrogen-bond acceptors (Lipinski definition) is 2. The molecule has 0 amide bonds. The van der Waals surface area contributed by atoms with Crippen molar-refractivity contribution < 1.29 is 9.53 Å². The van der Waals surface area contributed by atoms with E-state index in [1.54, 1.807) is 12.1 Å². The van der Waals surface area contributed by atoms with Crippen LogP contribution in [0.3, 0.4) is 0 Å². The number of aldehydes is 1. The lowest BCUT2D eigenvalue weighted by atomic mass is 9.99. The van der Waals surface area contributed by atoms with E-state index >= 15 is 0 Å². The van der Waals surface area contributed by atoms with Crippen molar-refractivity contribution in [3.63, 3.8) is 0 Å². The Morgan fingerprint density at radius 2 is 1.90 bits per heavy atom. The lowest BCUT2D eigenvalue weighted by molar-refractivity contribution is 0.112. The van der Waals surface area contributed by atoms with Crippen LogP contribution in [0.2, 0.25) is 5.02 Å². The van der Waals surface area contributed by atoms with Gasteiger partial charge in [-0.1, -0.05) is 51.8 Å². The first-order chi connectivity index (χ1) is 10.3. The van der Waals surface area contributed by atoms with Crippen LogP contribution in [0.1, 0.15) is 23.2 Å². The molecule has 0 N–H and O–H groups in total. The van der Waals surface area contributed by atoms with Crippen LogP contribution in [0.25, 0.3) is 11.1 Å². The quantitative estimate of drug-likeness (QED) is 0.373. The SMILES string of the molecule is O=Cc1ccccc1-c1cc(Cl)ccc1OCCCCBr. The molecule has 2 aromatic rings. The van der Waals surface area contributed by atoms with Crippen molar-refractivity contribution in [3.05, 3.63) is 53.1 Å². The highest BCUT2D eigenvalue weighted by Gasteiger charge is 2.11. The number of ether oxygens (including phenoxy) is 1. The molecular formula is C17H16BrClO2. The first-order valence-corrected chi connectivity index (χ1v) is 8.29. The Morgan fingerprint density at radius 1 is 1.10 bits per heavy atom. The number of alkyl halides is 1.